The minimum absolute atomic E-state index is 0.00904. The van der Waals surface area contributed by atoms with E-state index < -0.39 is 22.1 Å². The van der Waals surface area contributed by atoms with Crippen molar-refractivity contribution >= 4 is 38.9 Å². The molecule has 0 radical (unpaired) electrons. The molecule has 1 N–H and O–H groups in total. The van der Waals surface area contributed by atoms with E-state index in [1.807, 2.05) is 0 Å². The Hall–Kier alpha value is -1.64. The van der Waals surface area contributed by atoms with Crippen LogP contribution >= 0.6 is 23.2 Å². The third-order valence-corrected chi connectivity index (χ3v) is 4.76. The number of hydrogen-bond donors (Lipinski definition) is 1. The molecule has 10 heteroatoms. The van der Waals surface area contributed by atoms with E-state index in [4.69, 9.17) is 23.2 Å². The fourth-order valence-corrected chi connectivity index (χ4v) is 3.08. The van der Waals surface area contributed by atoms with Crippen LogP contribution in [0.4, 0.5) is 18.9 Å². The maximum absolute atomic E-state index is 12.2. The van der Waals surface area contributed by atoms with Crippen LogP contribution in [-0.2, 0) is 10.0 Å². The zero-order chi connectivity index (χ0) is 17.3. The first-order chi connectivity index (χ1) is 10.6. The normalized spacial score (nSPS) is 12.0. The summed E-state index contributed by atoms with van der Waals surface area (Å²) in [6.07, 6.45) is -4.85. The monoisotopic (exact) mass is 385 g/mol. The molecule has 0 heterocycles. The molecule has 0 aliphatic carbocycles. The van der Waals surface area contributed by atoms with Gasteiger partial charge in [-0.1, -0.05) is 29.3 Å². The van der Waals surface area contributed by atoms with Crippen LogP contribution < -0.4 is 9.46 Å². The molecule has 0 atom stereocenters. The summed E-state index contributed by atoms with van der Waals surface area (Å²) in [5.41, 5.74) is 0.0507. The van der Waals surface area contributed by atoms with Crippen LogP contribution in [0.25, 0.3) is 0 Å². The van der Waals surface area contributed by atoms with Gasteiger partial charge in [-0.3, -0.25) is 4.72 Å². The number of halogens is 5. The second-order valence-corrected chi connectivity index (χ2v) is 6.69. The Bertz CT molecular complexity index is 808. The maximum atomic E-state index is 12.2. The Morgan fingerprint density at radius 1 is 1.00 bits per heavy atom. The van der Waals surface area contributed by atoms with Gasteiger partial charge in [0.2, 0.25) is 0 Å². The first kappa shape index (κ1) is 17.7. The first-order valence-electron chi connectivity index (χ1n) is 5.91. The topological polar surface area (TPSA) is 55.4 Å². The van der Waals surface area contributed by atoms with Gasteiger partial charge in [0.15, 0.2) is 0 Å². The number of benzene rings is 2. The van der Waals surface area contributed by atoms with E-state index in [2.05, 4.69) is 9.46 Å². The van der Waals surface area contributed by atoms with Crippen LogP contribution in [0.3, 0.4) is 0 Å². The summed E-state index contributed by atoms with van der Waals surface area (Å²) < 4.78 is 66.4. The van der Waals surface area contributed by atoms with E-state index in [-0.39, 0.29) is 20.6 Å². The summed E-state index contributed by atoms with van der Waals surface area (Å²) in [5, 5.41) is 0.163. The summed E-state index contributed by atoms with van der Waals surface area (Å²) in [5.74, 6) is -0.530. The molecule has 124 valence electrons. The van der Waals surface area contributed by atoms with E-state index in [9.17, 15) is 21.6 Å². The predicted octanol–water partition coefficient (Wildman–Crippen LogP) is 4.69. The van der Waals surface area contributed by atoms with Gasteiger partial charge in [0.25, 0.3) is 10.0 Å². The fourth-order valence-electron chi connectivity index (χ4n) is 1.61. The van der Waals surface area contributed by atoms with E-state index in [1.54, 1.807) is 0 Å². The van der Waals surface area contributed by atoms with E-state index in [0.717, 1.165) is 24.3 Å². The van der Waals surface area contributed by atoms with Crippen LogP contribution in [0.1, 0.15) is 0 Å². The van der Waals surface area contributed by atoms with Crippen LogP contribution in [0.15, 0.2) is 47.4 Å². The van der Waals surface area contributed by atoms with Crippen molar-refractivity contribution in [2.75, 3.05) is 4.72 Å². The average molecular weight is 386 g/mol. The number of alkyl halides is 3. The highest BCUT2D eigenvalue weighted by Crippen LogP contribution is 2.31. The highest BCUT2D eigenvalue weighted by molar-refractivity contribution is 7.92. The van der Waals surface area contributed by atoms with Crippen molar-refractivity contribution in [3.8, 4) is 5.75 Å². The van der Waals surface area contributed by atoms with Crippen LogP contribution in [0.5, 0.6) is 5.75 Å². The Kier molecular flexibility index (Phi) is 4.98. The van der Waals surface area contributed by atoms with Gasteiger partial charge in [0, 0.05) is 0 Å². The molecule has 23 heavy (non-hydrogen) atoms. The van der Waals surface area contributed by atoms with Crippen molar-refractivity contribution in [1.82, 2.24) is 0 Å². The van der Waals surface area contributed by atoms with Gasteiger partial charge in [0.1, 0.15) is 5.75 Å². The Balaban J connectivity index is 2.24. The zero-order valence-electron chi connectivity index (χ0n) is 11.1. The molecule has 0 aliphatic rings. The lowest BCUT2D eigenvalue weighted by Gasteiger charge is -2.12. The second kappa shape index (κ2) is 6.46. The quantitative estimate of drug-likeness (QED) is 0.830. The molecule has 0 saturated carbocycles. The lowest BCUT2D eigenvalue weighted by molar-refractivity contribution is -0.274. The third kappa shape index (κ3) is 4.66. The Labute approximate surface area is 139 Å². The summed E-state index contributed by atoms with van der Waals surface area (Å²) >= 11 is 11.7. The number of hydrogen-bond acceptors (Lipinski definition) is 3. The summed E-state index contributed by atoms with van der Waals surface area (Å²) in [6, 6.07) is 8.09. The predicted molar refractivity (Wildman–Crippen MR) is 80.4 cm³/mol. The number of rotatable bonds is 4. The molecule has 0 amide bonds. The van der Waals surface area contributed by atoms with Gasteiger partial charge < -0.3 is 4.74 Å². The van der Waals surface area contributed by atoms with Crippen molar-refractivity contribution in [3.63, 3.8) is 0 Å². The number of sulfonamides is 1. The summed E-state index contributed by atoms with van der Waals surface area (Å²) in [7, 11) is -4.04. The van der Waals surface area contributed by atoms with Gasteiger partial charge in [0.05, 0.1) is 20.6 Å². The van der Waals surface area contributed by atoms with Crippen molar-refractivity contribution in [2.24, 2.45) is 0 Å². The van der Waals surface area contributed by atoms with Gasteiger partial charge in [-0.15, -0.1) is 13.2 Å². The molecule has 4 nitrogen and oxygen atoms in total. The van der Waals surface area contributed by atoms with Crippen LogP contribution in [0, 0.1) is 0 Å². The SMILES string of the molecule is O=S(=O)(Nc1cccc(Cl)c1Cl)c1ccc(OC(F)(F)F)cc1. The van der Waals surface area contributed by atoms with Crippen molar-refractivity contribution in [1.29, 1.82) is 0 Å². The molecule has 0 bridgehead atoms. The first-order valence-corrected chi connectivity index (χ1v) is 8.15. The molecular weight excluding hydrogens is 378 g/mol. The molecule has 2 rings (SSSR count). The molecule has 2 aromatic carbocycles. The fraction of sp³-hybridized carbons (Fsp3) is 0.0769. The van der Waals surface area contributed by atoms with Crippen molar-refractivity contribution in [2.45, 2.75) is 11.3 Å². The maximum Gasteiger partial charge on any atom is 0.573 e. The molecular formula is C13H8Cl2F3NO3S. The number of nitrogens with one attached hydrogen (secondary N) is 1. The molecule has 0 fully saturated rings. The number of anilines is 1. The summed E-state index contributed by atoms with van der Waals surface area (Å²) in [4.78, 5) is -0.261. The van der Waals surface area contributed by atoms with Crippen LogP contribution in [0.2, 0.25) is 10.0 Å². The molecule has 0 saturated heterocycles. The molecule has 0 aliphatic heterocycles. The largest absolute Gasteiger partial charge is 0.573 e. The van der Waals surface area contributed by atoms with E-state index >= 15 is 0 Å². The van der Waals surface area contributed by atoms with Gasteiger partial charge in [-0.25, -0.2) is 8.42 Å². The summed E-state index contributed by atoms with van der Waals surface area (Å²) in [6.45, 7) is 0. The minimum atomic E-state index is -4.85. The van der Waals surface area contributed by atoms with Crippen molar-refractivity contribution in [3.05, 3.63) is 52.5 Å². The van der Waals surface area contributed by atoms with Crippen molar-refractivity contribution < 1.29 is 26.3 Å². The van der Waals surface area contributed by atoms with Crippen LogP contribution in [-0.4, -0.2) is 14.8 Å². The van der Waals surface area contributed by atoms with Gasteiger partial charge in [-0.05, 0) is 36.4 Å². The van der Waals surface area contributed by atoms with E-state index in [1.165, 1.54) is 18.2 Å². The number of ether oxygens (including phenoxy) is 1. The van der Waals surface area contributed by atoms with E-state index in [0.29, 0.717) is 0 Å². The molecule has 2 aromatic rings. The highest BCUT2D eigenvalue weighted by atomic mass is 35.5. The highest BCUT2D eigenvalue weighted by Gasteiger charge is 2.31. The standard InChI is InChI=1S/C13H8Cl2F3NO3S/c14-10-2-1-3-11(12(10)15)19-23(20,21)9-6-4-8(5-7-9)22-13(16,17)18/h1-7,19H. The molecule has 0 unspecified atom stereocenters. The Morgan fingerprint density at radius 3 is 2.17 bits per heavy atom. The Morgan fingerprint density at radius 2 is 1.61 bits per heavy atom. The average Bonchev–Trinajstić information content (AvgIpc) is 2.42. The smallest absolute Gasteiger partial charge is 0.406 e. The third-order valence-electron chi connectivity index (χ3n) is 2.56. The molecule has 0 aromatic heterocycles. The van der Waals surface area contributed by atoms with Gasteiger partial charge in [-0.2, -0.15) is 0 Å². The lowest BCUT2D eigenvalue weighted by Crippen LogP contribution is -2.17. The minimum Gasteiger partial charge on any atom is -0.406 e. The lowest BCUT2D eigenvalue weighted by atomic mass is 10.3. The zero-order valence-corrected chi connectivity index (χ0v) is 13.4. The van der Waals surface area contributed by atoms with Gasteiger partial charge >= 0.3 is 6.36 Å². The second-order valence-electron chi connectivity index (χ2n) is 4.23. The molecule has 0 spiro atoms.